The SMILES string of the molecule is CC(C)C(N)C(=O)OC[C@H]1OC[C@H]2OC(C3C=CC=C[C@]3(C#N)c3ccc4c(N)ncnn34)O[C@H]12. The normalized spacial score (nSPS) is 32.6. The largest absolute Gasteiger partial charge is 0.462 e. The van der Waals surface area contributed by atoms with Crippen LogP contribution in [-0.4, -0.2) is 64.4 Å². The number of aromatic nitrogens is 3. The topological polar surface area (TPSA) is 160 Å². The molecular formula is C24H28N6O5. The highest BCUT2D eigenvalue weighted by molar-refractivity contribution is 5.75. The minimum absolute atomic E-state index is 0.0137. The first-order chi connectivity index (χ1) is 16.9. The van der Waals surface area contributed by atoms with Crippen LogP contribution >= 0.6 is 0 Å². The van der Waals surface area contributed by atoms with Crippen molar-refractivity contribution >= 4 is 17.3 Å². The van der Waals surface area contributed by atoms with Crippen LogP contribution in [0, 0.1) is 23.2 Å². The second kappa shape index (κ2) is 9.05. The Bertz CT molecular complexity index is 1220. The number of carbonyl (C=O) groups is 1. The number of allylic oxidation sites excluding steroid dienone is 3. The lowest BCUT2D eigenvalue weighted by molar-refractivity contribution is -0.159. The second-order valence-electron chi connectivity index (χ2n) is 9.33. The molecule has 2 saturated heterocycles. The van der Waals surface area contributed by atoms with Crippen molar-refractivity contribution < 1.29 is 23.7 Å². The van der Waals surface area contributed by atoms with Gasteiger partial charge in [0.05, 0.1) is 24.3 Å². The number of nitriles is 1. The average Bonchev–Trinajstić information content (AvgIpc) is 3.57. The van der Waals surface area contributed by atoms with Gasteiger partial charge in [-0.05, 0) is 18.1 Å². The average molecular weight is 481 g/mol. The van der Waals surface area contributed by atoms with Gasteiger partial charge in [-0.25, -0.2) is 9.50 Å². The lowest BCUT2D eigenvalue weighted by atomic mass is 9.71. The maximum Gasteiger partial charge on any atom is 0.323 e. The quantitative estimate of drug-likeness (QED) is 0.567. The Morgan fingerprint density at radius 1 is 1.37 bits per heavy atom. The zero-order valence-corrected chi connectivity index (χ0v) is 19.5. The summed E-state index contributed by atoms with van der Waals surface area (Å²) in [6.45, 7) is 4.02. The summed E-state index contributed by atoms with van der Waals surface area (Å²) in [5, 5.41) is 14.8. The Kier molecular flexibility index (Phi) is 6.06. The monoisotopic (exact) mass is 480 g/mol. The van der Waals surface area contributed by atoms with Gasteiger partial charge in [0.2, 0.25) is 0 Å². The van der Waals surface area contributed by atoms with Crippen molar-refractivity contribution in [2.45, 2.75) is 49.9 Å². The highest BCUT2D eigenvalue weighted by atomic mass is 16.8. The number of fused-ring (bicyclic) bond motifs is 2. The van der Waals surface area contributed by atoms with Crippen LogP contribution in [0.25, 0.3) is 5.52 Å². The van der Waals surface area contributed by atoms with Gasteiger partial charge in [-0.2, -0.15) is 10.4 Å². The number of hydrogen-bond donors (Lipinski definition) is 2. The highest BCUT2D eigenvalue weighted by Gasteiger charge is 2.54. The molecule has 2 fully saturated rings. The van der Waals surface area contributed by atoms with E-state index < -0.39 is 41.8 Å². The van der Waals surface area contributed by atoms with Gasteiger partial charge in [-0.15, -0.1) is 0 Å². The number of rotatable bonds is 6. The number of carbonyl (C=O) groups excluding carboxylic acids is 1. The van der Waals surface area contributed by atoms with Gasteiger partial charge in [0.1, 0.15) is 48.2 Å². The van der Waals surface area contributed by atoms with Crippen molar-refractivity contribution in [3.63, 3.8) is 0 Å². The summed E-state index contributed by atoms with van der Waals surface area (Å²) in [6, 6.07) is 5.37. The fourth-order valence-corrected chi connectivity index (χ4v) is 4.79. The number of nitrogens with zero attached hydrogens (tertiary/aromatic N) is 4. The summed E-state index contributed by atoms with van der Waals surface area (Å²) in [5.74, 6) is -0.672. The summed E-state index contributed by atoms with van der Waals surface area (Å²) >= 11 is 0. The predicted molar refractivity (Wildman–Crippen MR) is 124 cm³/mol. The standard InChI is InChI=1S/C24H28N6O5/c1-13(2)19(26)22(31)33-9-16-20-17(10-32-16)34-23(35-20)14-5-3-4-8-24(14,11-25)18-7-6-15-21(27)28-12-29-30(15)18/h3-8,12-14,16-17,19-20,23H,9-10,26H2,1-2H3,(H2,27,28,29)/t14?,16-,17-,19?,20-,23?,24-/m1/s1. The zero-order valence-electron chi connectivity index (χ0n) is 19.5. The molecule has 2 aromatic rings. The van der Waals surface area contributed by atoms with E-state index in [1.54, 1.807) is 10.6 Å². The predicted octanol–water partition coefficient (Wildman–Crippen LogP) is 0.850. The molecule has 5 rings (SSSR count). The number of hydrogen-bond acceptors (Lipinski definition) is 10. The van der Waals surface area contributed by atoms with E-state index in [9.17, 15) is 10.1 Å². The molecule has 1 aliphatic carbocycles. The van der Waals surface area contributed by atoms with Crippen molar-refractivity contribution in [2.24, 2.45) is 17.6 Å². The Hall–Kier alpha value is -3.30. The van der Waals surface area contributed by atoms with E-state index in [0.717, 1.165) is 0 Å². The molecule has 0 saturated carbocycles. The van der Waals surface area contributed by atoms with Gasteiger partial charge in [0.15, 0.2) is 12.1 Å². The summed E-state index contributed by atoms with van der Waals surface area (Å²) in [5.41, 5.74) is 12.0. The lowest BCUT2D eigenvalue weighted by Crippen LogP contribution is -2.42. The molecule has 0 spiro atoms. The maximum absolute atomic E-state index is 12.2. The summed E-state index contributed by atoms with van der Waals surface area (Å²) < 4.78 is 25.3. The second-order valence-corrected chi connectivity index (χ2v) is 9.33. The molecule has 2 aromatic heterocycles. The molecule has 2 aliphatic heterocycles. The molecule has 0 radical (unpaired) electrons. The van der Waals surface area contributed by atoms with E-state index in [0.29, 0.717) is 23.6 Å². The van der Waals surface area contributed by atoms with Crippen LogP contribution in [0.4, 0.5) is 5.82 Å². The van der Waals surface area contributed by atoms with E-state index in [2.05, 4.69) is 16.2 Å². The lowest BCUT2D eigenvalue weighted by Gasteiger charge is -2.35. The molecule has 4 heterocycles. The first-order valence-corrected chi connectivity index (χ1v) is 11.6. The third kappa shape index (κ3) is 3.88. The van der Waals surface area contributed by atoms with Gasteiger partial charge in [-0.1, -0.05) is 38.2 Å². The smallest absolute Gasteiger partial charge is 0.323 e. The van der Waals surface area contributed by atoms with Crippen LogP contribution in [0.5, 0.6) is 0 Å². The van der Waals surface area contributed by atoms with Gasteiger partial charge in [0.25, 0.3) is 0 Å². The molecule has 11 heteroatoms. The van der Waals surface area contributed by atoms with Gasteiger partial charge >= 0.3 is 5.97 Å². The van der Waals surface area contributed by atoms with E-state index in [1.165, 1.54) is 6.33 Å². The molecule has 3 unspecified atom stereocenters. The van der Waals surface area contributed by atoms with E-state index in [4.69, 9.17) is 30.4 Å². The van der Waals surface area contributed by atoms with Gasteiger partial charge in [0, 0.05) is 0 Å². The first-order valence-electron chi connectivity index (χ1n) is 11.6. The number of anilines is 1. The third-order valence-electron chi connectivity index (χ3n) is 6.89. The van der Waals surface area contributed by atoms with Crippen molar-refractivity contribution in [1.29, 1.82) is 5.26 Å². The molecule has 4 N–H and O–H groups in total. The van der Waals surface area contributed by atoms with E-state index >= 15 is 0 Å². The Morgan fingerprint density at radius 2 is 2.20 bits per heavy atom. The molecule has 184 valence electrons. The van der Waals surface area contributed by atoms with E-state index in [1.807, 2.05) is 44.2 Å². The zero-order chi connectivity index (χ0) is 24.7. The highest BCUT2D eigenvalue weighted by Crippen LogP contribution is 2.44. The Balaban J connectivity index is 1.37. The molecule has 35 heavy (non-hydrogen) atoms. The van der Waals surface area contributed by atoms with Crippen molar-refractivity contribution in [2.75, 3.05) is 18.9 Å². The Morgan fingerprint density at radius 3 is 2.97 bits per heavy atom. The van der Waals surface area contributed by atoms with Crippen LogP contribution in [0.1, 0.15) is 19.5 Å². The molecule has 11 nitrogen and oxygen atoms in total. The number of esters is 1. The number of ether oxygens (including phenoxy) is 4. The van der Waals surface area contributed by atoms with Crippen LogP contribution in [0.2, 0.25) is 0 Å². The van der Waals surface area contributed by atoms with Crippen molar-refractivity contribution in [3.8, 4) is 6.07 Å². The fraction of sp³-hybridized carbons (Fsp3) is 0.500. The molecular weight excluding hydrogens is 452 g/mol. The minimum Gasteiger partial charge on any atom is -0.462 e. The van der Waals surface area contributed by atoms with Gasteiger partial charge in [-0.3, -0.25) is 4.79 Å². The third-order valence-corrected chi connectivity index (χ3v) is 6.89. The first kappa shape index (κ1) is 23.4. The van der Waals surface area contributed by atoms with Crippen molar-refractivity contribution in [1.82, 2.24) is 14.6 Å². The minimum atomic E-state index is -1.13. The van der Waals surface area contributed by atoms with Crippen molar-refractivity contribution in [3.05, 3.63) is 48.5 Å². The molecule has 3 aliphatic rings. The van der Waals surface area contributed by atoms with Crippen LogP contribution in [0.15, 0.2) is 42.8 Å². The summed E-state index contributed by atoms with van der Waals surface area (Å²) in [7, 11) is 0. The molecule has 7 atom stereocenters. The van der Waals surface area contributed by atoms with Crippen LogP contribution < -0.4 is 11.5 Å². The Labute approximate surface area is 202 Å². The van der Waals surface area contributed by atoms with Gasteiger partial charge < -0.3 is 30.4 Å². The summed E-state index contributed by atoms with van der Waals surface area (Å²) in [6.07, 6.45) is 6.76. The van der Waals surface area contributed by atoms with Crippen LogP contribution in [0.3, 0.4) is 0 Å². The van der Waals surface area contributed by atoms with Crippen LogP contribution in [-0.2, 0) is 29.2 Å². The number of nitrogen functional groups attached to an aromatic ring is 1. The molecule has 0 bridgehead atoms. The fourth-order valence-electron chi connectivity index (χ4n) is 4.79. The summed E-state index contributed by atoms with van der Waals surface area (Å²) in [4.78, 5) is 16.2. The van der Waals surface area contributed by atoms with E-state index in [-0.39, 0.29) is 18.6 Å². The molecule has 0 amide bonds. The molecule has 0 aromatic carbocycles. The maximum atomic E-state index is 12.2. The number of nitrogens with two attached hydrogens (primary N) is 2.